The minimum Gasteiger partial charge on any atom is -0.397 e. The number of aromatic nitrogens is 1. The van der Waals surface area contributed by atoms with Crippen LogP contribution in [0.3, 0.4) is 0 Å². The van der Waals surface area contributed by atoms with Crippen molar-refractivity contribution in [2.75, 3.05) is 11.1 Å². The van der Waals surface area contributed by atoms with E-state index in [1.165, 1.54) is 24.3 Å². The first-order chi connectivity index (χ1) is 8.47. The second kappa shape index (κ2) is 4.70. The van der Waals surface area contributed by atoms with Gasteiger partial charge in [-0.3, -0.25) is 4.79 Å². The van der Waals surface area contributed by atoms with Gasteiger partial charge in [-0.25, -0.2) is 4.39 Å². The quantitative estimate of drug-likeness (QED) is 0.879. The highest BCUT2D eigenvalue weighted by Gasteiger charge is 2.13. The summed E-state index contributed by atoms with van der Waals surface area (Å²) in [6, 6.07) is 5.46. The number of amides is 1. The highest BCUT2D eigenvalue weighted by Crippen LogP contribution is 2.20. The third-order valence-corrected chi connectivity index (χ3v) is 2.67. The maximum atomic E-state index is 13.4. The third-order valence-electron chi connectivity index (χ3n) is 2.44. The summed E-state index contributed by atoms with van der Waals surface area (Å²) in [4.78, 5) is 11.9. The Labute approximate surface area is 108 Å². The maximum Gasteiger partial charge on any atom is 0.272 e. The summed E-state index contributed by atoms with van der Waals surface area (Å²) < 4.78 is 15.0. The molecule has 2 aromatic rings. The number of benzene rings is 1. The summed E-state index contributed by atoms with van der Waals surface area (Å²) in [5.41, 5.74) is 6.41. The number of aryl methyl sites for hydroxylation is 1. The summed E-state index contributed by atoms with van der Waals surface area (Å²) >= 11 is 5.74. The van der Waals surface area contributed by atoms with Crippen molar-refractivity contribution in [3.8, 4) is 0 Å². The summed E-state index contributed by atoms with van der Waals surface area (Å²) in [6.07, 6.45) is 1.60. The lowest BCUT2D eigenvalue weighted by Gasteiger charge is -2.07. The van der Waals surface area contributed by atoms with E-state index < -0.39 is 11.7 Å². The van der Waals surface area contributed by atoms with Gasteiger partial charge in [0, 0.05) is 18.3 Å². The van der Waals surface area contributed by atoms with Gasteiger partial charge in [-0.1, -0.05) is 11.6 Å². The minimum atomic E-state index is -0.546. The van der Waals surface area contributed by atoms with Crippen molar-refractivity contribution in [2.45, 2.75) is 0 Å². The monoisotopic (exact) mass is 267 g/mol. The predicted molar refractivity (Wildman–Crippen MR) is 69.2 cm³/mol. The standard InChI is InChI=1S/C12H11ClFN3O/c1-17-6-8(15)5-11(17)12(18)16-10-4-7(13)2-3-9(10)14/h2-6H,15H2,1H3,(H,16,18). The summed E-state index contributed by atoms with van der Waals surface area (Å²) in [6.45, 7) is 0. The number of nitrogens with one attached hydrogen (secondary N) is 1. The van der Waals surface area contributed by atoms with Gasteiger partial charge in [0.05, 0.1) is 11.4 Å². The number of hydrogen-bond acceptors (Lipinski definition) is 2. The Morgan fingerprint density at radius 1 is 1.44 bits per heavy atom. The van der Waals surface area contributed by atoms with Gasteiger partial charge in [0.25, 0.3) is 5.91 Å². The van der Waals surface area contributed by atoms with Crippen LogP contribution in [0.1, 0.15) is 10.5 Å². The fourth-order valence-corrected chi connectivity index (χ4v) is 1.77. The van der Waals surface area contributed by atoms with Crippen molar-refractivity contribution in [1.82, 2.24) is 4.57 Å². The fourth-order valence-electron chi connectivity index (χ4n) is 1.60. The van der Waals surface area contributed by atoms with Crippen molar-refractivity contribution in [1.29, 1.82) is 0 Å². The number of carbonyl (C=O) groups excluding carboxylic acids is 1. The van der Waals surface area contributed by atoms with Crippen LogP contribution in [0.4, 0.5) is 15.8 Å². The van der Waals surface area contributed by atoms with Crippen molar-refractivity contribution >= 4 is 28.9 Å². The van der Waals surface area contributed by atoms with Crippen LogP contribution in [-0.4, -0.2) is 10.5 Å². The molecule has 0 unspecified atom stereocenters. The zero-order valence-electron chi connectivity index (χ0n) is 9.58. The van der Waals surface area contributed by atoms with E-state index in [0.717, 1.165) is 0 Å². The first-order valence-electron chi connectivity index (χ1n) is 5.15. The number of halogens is 2. The first-order valence-corrected chi connectivity index (χ1v) is 5.53. The van der Waals surface area contributed by atoms with Crippen LogP contribution in [0.5, 0.6) is 0 Å². The summed E-state index contributed by atoms with van der Waals surface area (Å²) in [7, 11) is 1.68. The van der Waals surface area contributed by atoms with Crippen molar-refractivity contribution in [2.24, 2.45) is 7.05 Å². The van der Waals surface area contributed by atoms with Crippen LogP contribution < -0.4 is 11.1 Å². The molecule has 1 aromatic heterocycles. The van der Waals surface area contributed by atoms with Gasteiger partial charge < -0.3 is 15.6 Å². The zero-order valence-corrected chi connectivity index (χ0v) is 10.3. The van der Waals surface area contributed by atoms with Gasteiger partial charge >= 0.3 is 0 Å². The van der Waals surface area contributed by atoms with E-state index in [-0.39, 0.29) is 5.69 Å². The topological polar surface area (TPSA) is 60.0 Å². The van der Waals surface area contributed by atoms with Gasteiger partial charge in [-0.15, -0.1) is 0 Å². The molecule has 1 heterocycles. The minimum absolute atomic E-state index is 0.0345. The average molecular weight is 268 g/mol. The van der Waals surface area contributed by atoms with Gasteiger partial charge in [0.2, 0.25) is 0 Å². The molecule has 0 saturated heterocycles. The molecule has 0 aliphatic heterocycles. The molecule has 0 saturated carbocycles. The highest BCUT2D eigenvalue weighted by atomic mass is 35.5. The van der Waals surface area contributed by atoms with Crippen LogP contribution in [0.2, 0.25) is 5.02 Å². The Kier molecular flexibility index (Phi) is 3.25. The number of carbonyl (C=O) groups is 1. The van der Waals surface area contributed by atoms with Crippen LogP contribution >= 0.6 is 11.6 Å². The Bertz CT molecular complexity index is 609. The molecule has 0 bridgehead atoms. The third kappa shape index (κ3) is 2.46. The van der Waals surface area contributed by atoms with E-state index >= 15 is 0 Å². The molecule has 4 nitrogen and oxygen atoms in total. The molecular weight excluding hydrogens is 257 g/mol. The van der Waals surface area contributed by atoms with E-state index in [2.05, 4.69) is 5.32 Å². The lowest BCUT2D eigenvalue weighted by molar-refractivity contribution is 0.101. The average Bonchev–Trinajstić information content (AvgIpc) is 2.63. The Hall–Kier alpha value is -2.01. The van der Waals surface area contributed by atoms with Crippen LogP contribution in [0, 0.1) is 5.82 Å². The highest BCUT2D eigenvalue weighted by molar-refractivity contribution is 6.31. The van der Waals surface area contributed by atoms with E-state index in [4.69, 9.17) is 17.3 Å². The van der Waals surface area contributed by atoms with E-state index in [0.29, 0.717) is 16.4 Å². The van der Waals surface area contributed by atoms with E-state index in [1.807, 2.05) is 0 Å². The molecule has 2 rings (SSSR count). The predicted octanol–water partition coefficient (Wildman–Crippen LogP) is 2.65. The van der Waals surface area contributed by atoms with Gasteiger partial charge in [0.1, 0.15) is 11.5 Å². The normalized spacial score (nSPS) is 10.4. The Morgan fingerprint density at radius 2 is 2.17 bits per heavy atom. The number of nitrogen functional groups attached to an aromatic ring is 1. The largest absolute Gasteiger partial charge is 0.397 e. The van der Waals surface area contributed by atoms with E-state index in [9.17, 15) is 9.18 Å². The molecule has 0 atom stereocenters. The molecule has 0 aliphatic carbocycles. The van der Waals surface area contributed by atoms with Gasteiger partial charge in [0.15, 0.2) is 0 Å². The number of rotatable bonds is 2. The second-order valence-corrected chi connectivity index (χ2v) is 4.28. The molecule has 0 aliphatic rings. The van der Waals surface area contributed by atoms with Crippen LogP contribution in [0.15, 0.2) is 30.5 Å². The van der Waals surface area contributed by atoms with Gasteiger partial charge in [-0.2, -0.15) is 0 Å². The number of nitrogens with two attached hydrogens (primary N) is 1. The van der Waals surface area contributed by atoms with Crippen molar-refractivity contribution in [3.63, 3.8) is 0 Å². The van der Waals surface area contributed by atoms with Crippen LogP contribution in [-0.2, 0) is 7.05 Å². The fraction of sp³-hybridized carbons (Fsp3) is 0.0833. The van der Waals surface area contributed by atoms with Gasteiger partial charge in [-0.05, 0) is 24.3 Å². The maximum absolute atomic E-state index is 13.4. The Balaban J connectivity index is 2.26. The molecular formula is C12H11ClFN3O. The molecule has 0 spiro atoms. The first kappa shape index (κ1) is 12.4. The smallest absolute Gasteiger partial charge is 0.272 e. The van der Waals surface area contributed by atoms with E-state index in [1.54, 1.807) is 17.8 Å². The number of hydrogen-bond donors (Lipinski definition) is 2. The molecule has 0 radical (unpaired) electrons. The SMILES string of the molecule is Cn1cc(N)cc1C(=O)Nc1cc(Cl)ccc1F. The lowest BCUT2D eigenvalue weighted by atomic mass is 10.3. The van der Waals surface area contributed by atoms with Crippen molar-refractivity contribution in [3.05, 3.63) is 47.0 Å². The van der Waals surface area contributed by atoms with Crippen molar-refractivity contribution < 1.29 is 9.18 Å². The molecule has 1 amide bonds. The zero-order chi connectivity index (χ0) is 13.3. The molecule has 3 N–H and O–H groups in total. The lowest BCUT2D eigenvalue weighted by Crippen LogP contribution is -2.16. The Morgan fingerprint density at radius 3 is 2.78 bits per heavy atom. The molecule has 18 heavy (non-hydrogen) atoms. The molecule has 94 valence electrons. The molecule has 0 fully saturated rings. The molecule has 6 heteroatoms. The second-order valence-electron chi connectivity index (χ2n) is 3.85. The summed E-state index contributed by atoms with van der Waals surface area (Å²) in [5, 5.41) is 2.79. The molecule has 1 aromatic carbocycles. The number of nitrogens with zero attached hydrogens (tertiary/aromatic N) is 1. The van der Waals surface area contributed by atoms with Crippen LogP contribution in [0.25, 0.3) is 0 Å². The number of anilines is 2. The summed E-state index contributed by atoms with van der Waals surface area (Å²) in [5.74, 6) is -0.995.